The zero-order chi connectivity index (χ0) is 14.3. The number of rotatable bonds is 2. The smallest absolute Gasteiger partial charge is 0.331 e. The summed E-state index contributed by atoms with van der Waals surface area (Å²) < 4.78 is 2.41. The van der Waals surface area contributed by atoms with E-state index >= 15 is 0 Å². The Kier molecular flexibility index (Phi) is 2.87. The van der Waals surface area contributed by atoms with Crippen molar-refractivity contribution in [3.63, 3.8) is 0 Å². The first-order chi connectivity index (χ1) is 9.56. The van der Waals surface area contributed by atoms with Crippen LogP contribution < -0.4 is 17.0 Å². The number of nitrogen functional groups attached to an aromatic ring is 1. The van der Waals surface area contributed by atoms with Gasteiger partial charge in [-0.1, -0.05) is 0 Å². The Labute approximate surface area is 117 Å². The third-order valence-corrected chi connectivity index (χ3v) is 3.75. The van der Waals surface area contributed by atoms with Crippen LogP contribution in [0.1, 0.15) is 5.82 Å². The van der Waals surface area contributed by atoms with Gasteiger partial charge in [-0.3, -0.25) is 9.36 Å². The maximum Gasteiger partial charge on any atom is 0.331 e. The van der Waals surface area contributed by atoms with Gasteiger partial charge in [0.25, 0.3) is 5.56 Å². The predicted octanol–water partition coefficient (Wildman–Crippen LogP) is 0.182. The van der Waals surface area contributed by atoms with Gasteiger partial charge in [0.15, 0.2) is 5.82 Å². The Hall–Kier alpha value is -2.48. The molecular weight excluding hydrogens is 278 g/mol. The van der Waals surface area contributed by atoms with E-state index in [0.717, 1.165) is 14.8 Å². The molecular formula is C12H11N5O2S. The van der Waals surface area contributed by atoms with Crippen molar-refractivity contribution >= 4 is 27.4 Å². The molecule has 3 heterocycles. The van der Waals surface area contributed by atoms with Crippen molar-refractivity contribution in [1.82, 2.24) is 19.1 Å². The summed E-state index contributed by atoms with van der Waals surface area (Å²) in [5, 5.41) is 2.65. The zero-order valence-electron chi connectivity index (χ0n) is 10.6. The molecule has 7 nitrogen and oxygen atoms in total. The molecule has 3 aromatic heterocycles. The van der Waals surface area contributed by atoms with E-state index in [1.54, 1.807) is 7.05 Å². The second kappa shape index (κ2) is 4.57. The van der Waals surface area contributed by atoms with Gasteiger partial charge >= 0.3 is 5.69 Å². The molecule has 0 aliphatic heterocycles. The predicted molar refractivity (Wildman–Crippen MR) is 76.9 cm³/mol. The Bertz CT molecular complexity index is 908. The topological polar surface area (TPSA) is 95.8 Å². The summed E-state index contributed by atoms with van der Waals surface area (Å²) in [5.41, 5.74) is 5.05. The van der Waals surface area contributed by atoms with Gasteiger partial charge in [-0.05, 0) is 11.4 Å². The van der Waals surface area contributed by atoms with E-state index in [1.807, 2.05) is 11.4 Å². The van der Waals surface area contributed by atoms with Gasteiger partial charge in [-0.25, -0.2) is 14.8 Å². The lowest BCUT2D eigenvalue weighted by Crippen LogP contribution is -2.38. The van der Waals surface area contributed by atoms with Crippen molar-refractivity contribution in [3.05, 3.63) is 50.4 Å². The highest BCUT2D eigenvalue weighted by Crippen LogP contribution is 2.22. The largest absolute Gasteiger partial charge is 0.383 e. The maximum absolute atomic E-state index is 11.9. The summed E-state index contributed by atoms with van der Waals surface area (Å²) in [6.45, 7) is 0.00435. The molecule has 0 atom stereocenters. The minimum absolute atomic E-state index is 0.00435. The molecule has 8 heteroatoms. The van der Waals surface area contributed by atoms with Gasteiger partial charge in [0.2, 0.25) is 0 Å². The van der Waals surface area contributed by atoms with E-state index < -0.39 is 5.69 Å². The monoisotopic (exact) mass is 289 g/mol. The average Bonchev–Trinajstić information content (AvgIpc) is 2.88. The highest BCUT2D eigenvalue weighted by atomic mass is 32.1. The van der Waals surface area contributed by atoms with Crippen LogP contribution in [0.2, 0.25) is 0 Å². The molecule has 0 aliphatic carbocycles. The first-order valence-corrected chi connectivity index (χ1v) is 6.70. The highest BCUT2D eigenvalue weighted by molar-refractivity contribution is 7.16. The first kappa shape index (κ1) is 12.5. The van der Waals surface area contributed by atoms with Crippen LogP contribution in [0, 0.1) is 0 Å². The van der Waals surface area contributed by atoms with Crippen LogP contribution in [0.25, 0.3) is 10.2 Å². The number of thiophene rings is 1. The number of fused-ring (bicyclic) bond motifs is 1. The third kappa shape index (κ3) is 1.99. The standard InChI is InChI=1S/C12H11N5O2S/c1-16-4-2-9(18)17(12(16)19)6-8-14-10(13)7-3-5-20-11(7)15-8/h2-5H,6H2,1H3,(H2,13,14,15). The summed E-state index contributed by atoms with van der Waals surface area (Å²) >= 11 is 1.44. The van der Waals surface area contributed by atoms with Gasteiger partial charge in [0, 0.05) is 19.3 Å². The van der Waals surface area contributed by atoms with E-state index in [9.17, 15) is 9.59 Å². The molecule has 0 aromatic carbocycles. The van der Waals surface area contributed by atoms with Crippen LogP contribution in [-0.4, -0.2) is 19.1 Å². The van der Waals surface area contributed by atoms with Gasteiger partial charge in [0.05, 0.1) is 11.9 Å². The molecule has 2 N–H and O–H groups in total. The summed E-state index contributed by atoms with van der Waals surface area (Å²) in [5.74, 6) is 0.704. The second-order valence-electron chi connectivity index (χ2n) is 4.30. The lowest BCUT2D eigenvalue weighted by molar-refractivity contribution is 0.622. The zero-order valence-corrected chi connectivity index (χ0v) is 11.4. The van der Waals surface area contributed by atoms with Gasteiger partial charge < -0.3 is 10.3 Å². The summed E-state index contributed by atoms with van der Waals surface area (Å²) in [6, 6.07) is 3.17. The lowest BCUT2D eigenvalue weighted by Gasteiger charge is -2.06. The molecule has 102 valence electrons. The molecule has 0 bridgehead atoms. The number of anilines is 1. The van der Waals surface area contributed by atoms with Crippen LogP contribution in [-0.2, 0) is 13.6 Å². The lowest BCUT2D eigenvalue weighted by atomic mass is 10.4. The maximum atomic E-state index is 11.9. The quantitative estimate of drug-likeness (QED) is 0.726. The minimum atomic E-state index is -0.411. The Morgan fingerprint density at radius 3 is 2.90 bits per heavy atom. The number of nitrogens with two attached hydrogens (primary N) is 1. The molecule has 0 aliphatic rings. The summed E-state index contributed by atoms with van der Waals surface area (Å²) in [6.07, 6.45) is 1.43. The van der Waals surface area contributed by atoms with E-state index in [-0.39, 0.29) is 12.1 Å². The van der Waals surface area contributed by atoms with Crippen molar-refractivity contribution in [3.8, 4) is 0 Å². The SMILES string of the molecule is Cn1ccc(=O)n(Cc2nc(N)c3ccsc3n2)c1=O. The molecule has 0 amide bonds. The number of aromatic nitrogens is 4. The number of hydrogen-bond acceptors (Lipinski definition) is 6. The third-order valence-electron chi connectivity index (χ3n) is 2.94. The highest BCUT2D eigenvalue weighted by Gasteiger charge is 2.10. The van der Waals surface area contributed by atoms with E-state index in [1.165, 1.54) is 28.2 Å². The normalized spacial score (nSPS) is 11.1. The Morgan fingerprint density at radius 1 is 1.30 bits per heavy atom. The van der Waals surface area contributed by atoms with Crippen molar-refractivity contribution in [1.29, 1.82) is 0 Å². The van der Waals surface area contributed by atoms with Gasteiger partial charge in [-0.15, -0.1) is 11.3 Å². The Balaban J connectivity index is 2.12. The van der Waals surface area contributed by atoms with E-state index in [4.69, 9.17) is 5.73 Å². The van der Waals surface area contributed by atoms with Crippen LogP contribution in [0.3, 0.4) is 0 Å². The van der Waals surface area contributed by atoms with Gasteiger partial charge in [-0.2, -0.15) is 0 Å². The van der Waals surface area contributed by atoms with Crippen molar-refractivity contribution in [2.24, 2.45) is 7.05 Å². The van der Waals surface area contributed by atoms with Crippen molar-refractivity contribution in [2.75, 3.05) is 5.73 Å². The molecule has 0 fully saturated rings. The number of nitrogens with zero attached hydrogens (tertiary/aromatic N) is 4. The number of hydrogen-bond donors (Lipinski definition) is 1. The van der Waals surface area contributed by atoms with Gasteiger partial charge in [0.1, 0.15) is 10.6 Å². The van der Waals surface area contributed by atoms with Crippen LogP contribution in [0.15, 0.2) is 33.3 Å². The minimum Gasteiger partial charge on any atom is -0.383 e. The fraction of sp³-hybridized carbons (Fsp3) is 0.167. The molecule has 3 aromatic rings. The molecule has 0 saturated heterocycles. The van der Waals surface area contributed by atoms with Crippen molar-refractivity contribution in [2.45, 2.75) is 6.54 Å². The van der Waals surface area contributed by atoms with Crippen molar-refractivity contribution < 1.29 is 0 Å². The molecule has 3 rings (SSSR count). The second-order valence-corrected chi connectivity index (χ2v) is 5.19. The van der Waals surface area contributed by atoms with E-state index in [0.29, 0.717) is 11.6 Å². The molecule has 0 radical (unpaired) electrons. The fourth-order valence-corrected chi connectivity index (χ4v) is 2.69. The van der Waals surface area contributed by atoms with Crippen LogP contribution in [0.4, 0.5) is 5.82 Å². The fourth-order valence-electron chi connectivity index (χ4n) is 1.90. The number of aryl methyl sites for hydroxylation is 1. The first-order valence-electron chi connectivity index (χ1n) is 5.82. The van der Waals surface area contributed by atoms with Crippen LogP contribution in [0.5, 0.6) is 0 Å². The molecule has 0 spiro atoms. The van der Waals surface area contributed by atoms with Crippen LogP contribution >= 0.6 is 11.3 Å². The molecule has 0 unspecified atom stereocenters. The Morgan fingerprint density at radius 2 is 2.10 bits per heavy atom. The molecule has 20 heavy (non-hydrogen) atoms. The molecule has 0 saturated carbocycles. The summed E-state index contributed by atoms with van der Waals surface area (Å²) in [4.78, 5) is 32.9. The average molecular weight is 289 g/mol. The van der Waals surface area contributed by atoms with E-state index in [2.05, 4.69) is 9.97 Å². The summed E-state index contributed by atoms with van der Waals surface area (Å²) in [7, 11) is 1.58.